The smallest absolute Gasteiger partial charge is 0.308 e. The number of benzene rings is 1. The van der Waals surface area contributed by atoms with Crippen LogP contribution in [0.4, 0.5) is 5.69 Å². The van der Waals surface area contributed by atoms with Crippen LogP contribution < -0.4 is 10.3 Å². The number of aliphatic carboxylic acids is 1. The van der Waals surface area contributed by atoms with Crippen molar-refractivity contribution in [1.82, 2.24) is 5.32 Å². The first-order valence-electron chi connectivity index (χ1n) is 9.50. The lowest BCUT2D eigenvalue weighted by Gasteiger charge is -2.27. The topological polar surface area (TPSA) is 82.0 Å². The van der Waals surface area contributed by atoms with Gasteiger partial charge in [-0.25, -0.2) is 0 Å². The predicted molar refractivity (Wildman–Crippen MR) is 102 cm³/mol. The quantitative estimate of drug-likeness (QED) is 0.865. The molecule has 140 valence electrons. The second kappa shape index (κ2) is 8.34. The van der Waals surface area contributed by atoms with E-state index in [2.05, 4.69) is 10.4 Å². The van der Waals surface area contributed by atoms with Gasteiger partial charge in [-0.15, -0.1) is 0 Å². The highest BCUT2D eigenvalue weighted by Crippen LogP contribution is 2.24. The van der Waals surface area contributed by atoms with E-state index in [1.165, 1.54) is 0 Å². The summed E-state index contributed by atoms with van der Waals surface area (Å²) < 4.78 is 0. The Morgan fingerprint density at radius 1 is 1.12 bits per heavy atom. The third-order valence-electron chi connectivity index (χ3n) is 5.30. The molecular weight excluding hydrogens is 330 g/mol. The van der Waals surface area contributed by atoms with Crippen molar-refractivity contribution in [2.24, 2.45) is 11.0 Å². The molecule has 1 aliphatic heterocycles. The van der Waals surface area contributed by atoms with Gasteiger partial charge in [-0.3, -0.25) is 14.6 Å². The summed E-state index contributed by atoms with van der Waals surface area (Å²) in [5.74, 6) is -1.51. The highest BCUT2D eigenvalue weighted by molar-refractivity contribution is 5.95. The van der Waals surface area contributed by atoms with Gasteiger partial charge in [0.05, 0.1) is 11.6 Å². The average molecular weight is 357 g/mol. The first-order valence-corrected chi connectivity index (χ1v) is 9.50. The molecule has 1 fully saturated rings. The third-order valence-corrected chi connectivity index (χ3v) is 5.30. The van der Waals surface area contributed by atoms with Crippen molar-refractivity contribution < 1.29 is 14.7 Å². The predicted octanol–water partition coefficient (Wildman–Crippen LogP) is 3.43. The number of carbonyl (C=O) groups excluding carboxylic acids is 1. The summed E-state index contributed by atoms with van der Waals surface area (Å²) >= 11 is 0. The molecule has 1 heterocycles. The Kier molecular flexibility index (Phi) is 5.91. The van der Waals surface area contributed by atoms with Crippen LogP contribution in [-0.4, -0.2) is 35.3 Å². The van der Waals surface area contributed by atoms with Crippen LogP contribution in [0.3, 0.4) is 0 Å². The van der Waals surface area contributed by atoms with Crippen LogP contribution in [0, 0.1) is 5.92 Å². The van der Waals surface area contributed by atoms with E-state index in [0.29, 0.717) is 12.0 Å². The van der Waals surface area contributed by atoms with Gasteiger partial charge in [0.15, 0.2) is 0 Å². The molecule has 0 aromatic heterocycles. The molecule has 0 radical (unpaired) electrons. The largest absolute Gasteiger partial charge is 0.481 e. The standard InChI is InChI=1S/C20H27N3O3/c1-14-12-13-23(22-14)16-10-8-15(9-11-16)19(24)21-18-7-5-3-2-4-6-17(18)20(25)26/h8-11,17-18H,2-7,12-13H2,1H3,(H,21,24)(H,25,26). The number of carboxylic acid groups (broad SMARTS) is 1. The molecule has 0 saturated heterocycles. The molecule has 26 heavy (non-hydrogen) atoms. The molecule has 3 rings (SSSR count). The maximum absolute atomic E-state index is 12.6. The first-order chi connectivity index (χ1) is 12.5. The summed E-state index contributed by atoms with van der Waals surface area (Å²) in [7, 11) is 0. The Labute approximate surface area is 154 Å². The summed E-state index contributed by atoms with van der Waals surface area (Å²) in [6, 6.07) is 7.05. The SMILES string of the molecule is CC1=NN(c2ccc(C(=O)NC3CCCCCCC3C(=O)O)cc2)CC1. The van der Waals surface area contributed by atoms with Crippen molar-refractivity contribution in [3.8, 4) is 0 Å². The zero-order valence-electron chi connectivity index (χ0n) is 15.3. The normalized spacial score (nSPS) is 23.7. The fraction of sp³-hybridized carbons (Fsp3) is 0.550. The fourth-order valence-electron chi connectivity index (χ4n) is 3.75. The van der Waals surface area contributed by atoms with Gasteiger partial charge in [-0.05, 0) is 44.0 Å². The number of hydrogen-bond acceptors (Lipinski definition) is 4. The molecule has 6 heteroatoms. The number of amides is 1. The molecule has 1 amide bonds. The van der Waals surface area contributed by atoms with E-state index >= 15 is 0 Å². The van der Waals surface area contributed by atoms with Crippen molar-refractivity contribution in [3.05, 3.63) is 29.8 Å². The molecule has 0 spiro atoms. The molecule has 1 aromatic rings. The Morgan fingerprint density at radius 3 is 2.42 bits per heavy atom. The number of hydrazone groups is 1. The van der Waals surface area contributed by atoms with Crippen molar-refractivity contribution >= 4 is 23.3 Å². The maximum Gasteiger partial charge on any atom is 0.308 e. The Morgan fingerprint density at radius 2 is 1.81 bits per heavy atom. The van der Waals surface area contributed by atoms with Gasteiger partial charge >= 0.3 is 5.97 Å². The van der Waals surface area contributed by atoms with Crippen molar-refractivity contribution in [2.75, 3.05) is 11.6 Å². The molecule has 1 aromatic carbocycles. The molecule has 2 N–H and O–H groups in total. The van der Waals surface area contributed by atoms with Crippen LogP contribution in [0.1, 0.15) is 62.2 Å². The second-order valence-corrected chi connectivity index (χ2v) is 7.27. The molecule has 6 nitrogen and oxygen atoms in total. The van der Waals surface area contributed by atoms with E-state index in [0.717, 1.165) is 56.5 Å². The molecule has 1 saturated carbocycles. The van der Waals surface area contributed by atoms with E-state index in [9.17, 15) is 14.7 Å². The van der Waals surface area contributed by atoms with E-state index in [4.69, 9.17) is 0 Å². The first kappa shape index (κ1) is 18.4. The molecule has 0 bridgehead atoms. The lowest BCUT2D eigenvalue weighted by molar-refractivity contribution is -0.143. The number of hydrogen-bond donors (Lipinski definition) is 2. The minimum atomic E-state index is -0.810. The van der Waals surface area contributed by atoms with Gasteiger partial charge < -0.3 is 10.4 Å². The average Bonchev–Trinajstić information content (AvgIpc) is 3.03. The van der Waals surface area contributed by atoms with Gasteiger partial charge in [-0.1, -0.05) is 25.7 Å². The summed E-state index contributed by atoms with van der Waals surface area (Å²) in [6.45, 7) is 2.87. The maximum atomic E-state index is 12.6. The van der Waals surface area contributed by atoms with E-state index in [1.807, 2.05) is 24.1 Å². The van der Waals surface area contributed by atoms with Crippen LogP contribution in [0.5, 0.6) is 0 Å². The van der Waals surface area contributed by atoms with Gasteiger partial charge in [0.1, 0.15) is 0 Å². The van der Waals surface area contributed by atoms with Crippen LogP contribution in [0.2, 0.25) is 0 Å². The van der Waals surface area contributed by atoms with Gasteiger partial charge in [0.2, 0.25) is 0 Å². The molecular formula is C20H27N3O3. The number of nitrogens with zero attached hydrogens (tertiary/aromatic N) is 2. The number of anilines is 1. The summed E-state index contributed by atoms with van der Waals surface area (Å²) in [5.41, 5.74) is 2.63. The lowest BCUT2D eigenvalue weighted by Crippen LogP contribution is -2.43. The molecule has 1 aliphatic carbocycles. The minimum Gasteiger partial charge on any atom is -0.481 e. The van der Waals surface area contributed by atoms with Crippen LogP contribution >= 0.6 is 0 Å². The van der Waals surface area contributed by atoms with Gasteiger partial charge in [-0.2, -0.15) is 5.10 Å². The van der Waals surface area contributed by atoms with Crippen LogP contribution in [0.25, 0.3) is 0 Å². The van der Waals surface area contributed by atoms with Crippen molar-refractivity contribution in [1.29, 1.82) is 0 Å². The van der Waals surface area contributed by atoms with E-state index in [1.54, 1.807) is 12.1 Å². The molecule has 2 aliphatic rings. The number of nitrogens with one attached hydrogen (secondary N) is 1. The number of carbonyl (C=O) groups is 2. The highest BCUT2D eigenvalue weighted by atomic mass is 16.4. The van der Waals surface area contributed by atoms with E-state index < -0.39 is 11.9 Å². The Balaban J connectivity index is 1.66. The minimum absolute atomic E-state index is 0.200. The fourth-order valence-corrected chi connectivity index (χ4v) is 3.75. The van der Waals surface area contributed by atoms with Crippen LogP contribution in [0.15, 0.2) is 29.4 Å². The molecule has 2 atom stereocenters. The zero-order chi connectivity index (χ0) is 18.5. The monoisotopic (exact) mass is 357 g/mol. The highest BCUT2D eigenvalue weighted by Gasteiger charge is 2.30. The van der Waals surface area contributed by atoms with Crippen molar-refractivity contribution in [3.63, 3.8) is 0 Å². The number of carboxylic acids is 1. The summed E-state index contributed by atoms with van der Waals surface area (Å²) in [4.78, 5) is 24.2. The lowest BCUT2D eigenvalue weighted by atomic mass is 9.86. The van der Waals surface area contributed by atoms with E-state index in [-0.39, 0.29) is 11.9 Å². The number of rotatable bonds is 4. The zero-order valence-corrected chi connectivity index (χ0v) is 15.3. The third kappa shape index (κ3) is 4.42. The summed E-state index contributed by atoms with van der Waals surface area (Å²) in [6.07, 6.45) is 6.36. The molecule has 2 unspecified atom stereocenters. The Bertz CT molecular complexity index is 684. The Hall–Kier alpha value is -2.37. The van der Waals surface area contributed by atoms with Gasteiger partial charge in [0, 0.05) is 30.3 Å². The second-order valence-electron chi connectivity index (χ2n) is 7.27. The van der Waals surface area contributed by atoms with Crippen LogP contribution in [-0.2, 0) is 4.79 Å². The summed E-state index contributed by atoms with van der Waals surface area (Å²) in [5, 5.41) is 18.9. The van der Waals surface area contributed by atoms with Crippen molar-refractivity contribution in [2.45, 2.75) is 57.9 Å². The van der Waals surface area contributed by atoms with Gasteiger partial charge in [0.25, 0.3) is 5.91 Å².